The van der Waals surface area contributed by atoms with Gasteiger partial charge in [0.25, 0.3) is 0 Å². The molecule has 0 aromatic carbocycles. The molecular weight excluding hydrogens is 218 g/mol. The molecule has 1 aromatic rings. The molecule has 1 N–H and O–H groups in total. The summed E-state index contributed by atoms with van der Waals surface area (Å²) in [5.74, 6) is 0. The lowest BCUT2D eigenvalue weighted by Gasteiger charge is -2.28. The van der Waals surface area contributed by atoms with Gasteiger partial charge in [0.15, 0.2) is 0 Å². The molecule has 0 spiro atoms. The molecule has 1 saturated heterocycles. The van der Waals surface area contributed by atoms with Crippen LogP contribution in [0.2, 0.25) is 0 Å². The second-order valence-electron chi connectivity index (χ2n) is 4.60. The van der Waals surface area contributed by atoms with Crippen molar-refractivity contribution in [1.82, 2.24) is 4.90 Å². The normalized spacial score (nSPS) is 23.2. The lowest BCUT2D eigenvalue weighted by molar-refractivity contribution is 0.125. The second-order valence-corrected chi connectivity index (χ2v) is 5.38. The number of likely N-dealkylation sites (tertiary alicyclic amines) is 1. The molecule has 2 heterocycles. The summed E-state index contributed by atoms with van der Waals surface area (Å²) < 4.78 is 0. The van der Waals surface area contributed by atoms with Gasteiger partial charge in [-0.3, -0.25) is 4.90 Å². The number of thiophene rings is 1. The van der Waals surface area contributed by atoms with Gasteiger partial charge >= 0.3 is 0 Å². The largest absolute Gasteiger partial charge is 0.395 e. The van der Waals surface area contributed by atoms with Crippen LogP contribution in [0.15, 0.2) is 16.8 Å². The standard InChI is InChI=1S/C13H21NOS/c15-10-13-4-2-1-3-7-14(13)8-5-12-6-9-16-11-12/h6,9,11,13,15H,1-5,7-8,10H2. The molecule has 0 amide bonds. The molecule has 0 radical (unpaired) electrons. The van der Waals surface area contributed by atoms with Crippen LogP contribution in [-0.4, -0.2) is 35.7 Å². The summed E-state index contributed by atoms with van der Waals surface area (Å²) in [5.41, 5.74) is 1.44. The first-order valence-electron chi connectivity index (χ1n) is 6.26. The minimum atomic E-state index is 0.323. The van der Waals surface area contributed by atoms with Gasteiger partial charge in [0.2, 0.25) is 0 Å². The van der Waals surface area contributed by atoms with Crippen LogP contribution in [0.3, 0.4) is 0 Å². The SMILES string of the molecule is OCC1CCCCCN1CCc1ccsc1. The predicted octanol–water partition coefficient (Wildman–Crippen LogP) is 2.53. The first kappa shape index (κ1) is 12.1. The van der Waals surface area contributed by atoms with E-state index < -0.39 is 0 Å². The molecular formula is C13H21NOS. The molecule has 0 bridgehead atoms. The zero-order valence-electron chi connectivity index (χ0n) is 9.77. The van der Waals surface area contributed by atoms with Crippen molar-refractivity contribution in [2.24, 2.45) is 0 Å². The van der Waals surface area contributed by atoms with Crippen molar-refractivity contribution in [2.45, 2.75) is 38.1 Å². The molecule has 2 rings (SSSR count). The van der Waals surface area contributed by atoms with Crippen molar-refractivity contribution in [3.8, 4) is 0 Å². The van der Waals surface area contributed by atoms with Crippen molar-refractivity contribution in [1.29, 1.82) is 0 Å². The van der Waals surface area contributed by atoms with Crippen molar-refractivity contribution >= 4 is 11.3 Å². The van der Waals surface area contributed by atoms with E-state index in [9.17, 15) is 5.11 Å². The molecule has 90 valence electrons. The Kier molecular flexibility index (Phi) is 4.82. The Hall–Kier alpha value is -0.380. The van der Waals surface area contributed by atoms with Gasteiger partial charge in [-0.15, -0.1) is 0 Å². The van der Waals surface area contributed by atoms with Crippen molar-refractivity contribution in [3.05, 3.63) is 22.4 Å². The van der Waals surface area contributed by atoms with Crippen LogP contribution >= 0.6 is 11.3 Å². The van der Waals surface area contributed by atoms with E-state index in [2.05, 4.69) is 21.7 Å². The third kappa shape index (κ3) is 3.30. The summed E-state index contributed by atoms with van der Waals surface area (Å²) in [6.07, 6.45) is 6.19. The highest BCUT2D eigenvalue weighted by Crippen LogP contribution is 2.17. The van der Waals surface area contributed by atoms with Crippen LogP contribution < -0.4 is 0 Å². The first-order chi connectivity index (χ1) is 7.90. The minimum absolute atomic E-state index is 0.323. The third-order valence-corrected chi connectivity index (χ3v) is 4.21. The fraction of sp³-hybridized carbons (Fsp3) is 0.692. The smallest absolute Gasteiger partial charge is 0.0586 e. The van der Waals surface area contributed by atoms with E-state index in [4.69, 9.17) is 0 Å². The quantitative estimate of drug-likeness (QED) is 0.873. The van der Waals surface area contributed by atoms with Crippen LogP contribution in [0.1, 0.15) is 31.2 Å². The molecule has 1 aromatic heterocycles. The van der Waals surface area contributed by atoms with Gasteiger partial charge in [-0.2, -0.15) is 11.3 Å². The molecule has 1 atom stereocenters. The van der Waals surface area contributed by atoms with Crippen LogP contribution in [0.5, 0.6) is 0 Å². The first-order valence-corrected chi connectivity index (χ1v) is 7.20. The third-order valence-electron chi connectivity index (χ3n) is 3.48. The van der Waals surface area contributed by atoms with E-state index in [1.807, 2.05) is 0 Å². The van der Waals surface area contributed by atoms with Crippen LogP contribution in [0, 0.1) is 0 Å². The lowest BCUT2D eigenvalue weighted by atomic mass is 10.1. The highest BCUT2D eigenvalue weighted by molar-refractivity contribution is 7.07. The number of nitrogens with zero attached hydrogens (tertiary/aromatic N) is 1. The molecule has 0 aliphatic carbocycles. The number of aliphatic hydroxyl groups excluding tert-OH is 1. The number of hydrogen-bond donors (Lipinski definition) is 1. The number of aliphatic hydroxyl groups is 1. The number of hydrogen-bond acceptors (Lipinski definition) is 3. The second kappa shape index (κ2) is 6.38. The molecule has 1 aliphatic rings. The molecule has 1 aliphatic heterocycles. The highest BCUT2D eigenvalue weighted by atomic mass is 32.1. The maximum absolute atomic E-state index is 9.40. The lowest BCUT2D eigenvalue weighted by Crippen LogP contribution is -2.38. The summed E-state index contributed by atoms with van der Waals surface area (Å²) in [5, 5.41) is 13.8. The molecule has 3 heteroatoms. The number of rotatable bonds is 4. The van der Waals surface area contributed by atoms with Gasteiger partial charge < -0.3 is 5.11 Å². The zero-order valence-corrected chi connectivity index (χ0v) is 10.6. The highest BCUT2D eigenvalue weighted by Gasteiger charge is 2.19. The maximum Gasteiger partial charge on any atom is 0.0586 e. The van der Waals surface area contributed by atoms with Crippen molar-refractivity contribution in [2.75, 3.05) is 19.7 Å². The van der Waals surface area contributed by atoms with Gasteiger partial charge in [-0.1, -0.05) is 12.8 Å². The van der Waals surface area contributed by atoms with Crippen LogP contribution in [0.4, 0.5) is 0 Å². The van der Waals surface area contributed by atoms with Crippen molar-refractivity contribution in [3.63, 3.8) is 0 Å². The molecule has 1 fully saturated rings. The summed E-state index contributed by atoms with van der Waals surface area (Å²) in [6.45, 7) is 2.58. The van der Waals surface area contributed by atoms with E-state index in [0.29, 0.717) is 12.6 Å². The van der Waals surface area contributed by atoms with Crippen LogP contribution in [0.25, 0.3) is 0 Å². The predicted molar refractivity (Wildman–Crippen MR) is 68.9 cm³/mol. The van der Waals surface area contributed by atoms with Gasteiger partial charge in [0.1, 0.15) is 0 Å². The fourth-order valence-electron chi connectivity index (χ4n) is 2.45. The van der Waals surface area contributed by atoms with Gasteiger partial charge in [0.05, 0.1) is 6.61 Å². The topological polar surface area (TPSA) is 23.5 Å². The summed E-state index contributed by atoms with van der Waals surface area (Å²) in [6, 6.07) is 2.61. The molecule has 1 unspecified atom stereocenters. The maximum atomic E-state index is 9.40. The Morgan fingerprint density at radius 2 is 2.31 bits per heavy atom. The van der Waals surface area contributed by atoms with E-state index in [-0.39, 0.29) is 0 Å². The zero-order chi connectivity index (χ0) is 11.2. The van der Waals surface area contributed by atoms with E-state index in [0.717, 1.165) is 19.5 Å². The summed E-state index contributed by atoms with van der Waals surface area (Å²) in [7, 11) is 0. The monoisotopic (exact) mass is 239 g/mol. The van der Waals surface area contributed by atoms with Crippen LogP contribution in [-0.2, 0) is 6.42 Å². The Labute approximate surface area is 102 Å². The Balaban J connectivity index is 1.85. The molecule has 2 nitrogen and oxygen atoms in total. The summed E-state index contributed by atoms with van der Waals surface area (Å²) in [4.78, 5) is 2.48. The summed E-state index contributed by atoms with van der Waals surface area (Å²) >= 11 is 1.77. The van der Waals surface area contributed by atoms with Gasteiger partial charge in [-0.05, 0) is 48.2 Å². The Morgan fingerprint density at radius 3 is 3.06 bits per heavy atom. The Bertz CT molecular complexity index is 286. The Morgan fingerprint density at radius 1 is 1.38 bits per heavy atom. The average molecular weight is 239 g/mol. The van der Waals surface area contributed by atoms with E-state index >= 15 is 0 Å². The average Bonchev–Trinajstić information content (AvgIpc) is 2.71. The fourth-order valence-corrected chi connectivity index (χ4v) is 3.15. The van der Waals surface area contributed by atoms with Crippen molar-refractivity contribution < 1.29 is 5.11 Å². The van der Waals surface area contributed by atoms with Gasteiger partial charge in [-0.25, -0.2) is 0 Å². The van der Waals surface area contributed by atoms with Gasteiger partial charge in [0, 0.05) is 12.6 Å². The van der Waals surface area contributed by atoms with E-state index in [1.54, 1.807) is 11.3 Å². The van der Waals surface area contributed by atoms with E-state index in [1.165, 1.54) is 31.2 Å². The molecule has 16 heavy (non-hydrogen) atoms. The minimum Gasteiger partial charge on any atom is -0.395 e. The molecule has 0 saturated carbocycles.